The fourth-order valence-corrected chi connectivity index (χ4v) is 5.24. The number of ether oxygens (including phenoxy) is 6. The van der Waals surface area contributed by atoms with Crippen molar-refractivity contribution < 1.29 is 28.4 Å². The minimum Gasteiger partial charge on any atom is -0.374 e. The summed E-state index contributed by atoms with van der Waals surface area (Å²) in [6.07, 6.45) is -2.07. The Kier molecular flexibility index (Phi) is 13.2. The Bertz CT molecular complexity index is 1310. The zero-order valence-electron chi connectivity index (χ0n) is 24.9. The molecule has 44 heavy (non-hydrogen) atoms. The smallest absolute Gasteiger partial charge is 0.186 e. The third-order valence-electron chi connectivity index (χ3n) is 7.40. The van der Waals surface area contributed by atoms with Crippen molar-refractivity contribution in [1.82, 2.24) is 0 Å². The van der Waals surface area contributed by atoms with Crippen LogP contribution in [0.1, 0.15) is 28.7 Å². The molecule has 0 N–H and O–H groups in total. The van der Waals surface area contributed by atoms with Gasteiger partial charge in [-0.25, -0.2) is 0 Å². The predicted molar refractivity (Wildman–Crippen MR) is 171 cm³/mol. The molecule has 232 valence electrons. The third kappa shape index (κ3) is 9.98. The van der Waals surface area contributed by atoms with E-state index in [0.29, 0.717) is 51.9 Å². The summed E-state index contributed by atoms with van der Waals surface area (Å²) < 4.78 is 39.1. The van der Waals surface area contributed by atoms with Crippen molar-refractivity contribution in [2.24, 2.45) is 0 Å². The molecule has 5 rings (SSSR count). The summed E-state index contributed by atoms with van der Waals surface area (Å²) in [6, 6.07) is 40.4. The van der Waals surface area contributed by atoms with E-state index in [0.717, 1.165) is 22.3 Å². The number of hydrogen-bond donors (Lipinski definition) is 0. The molecule has 0 aromatic heterocycles. The summed E-state index contributed by atoms with van der Waals surface area (Å²) in [4.78, 5) is 0. The average molecular weight is 617 g/mol. The highest BCUT2D eigenvalue weighted by atomic mass is 35.5. The van der Waals surface area contributed by atoms with Gasteiger partial charge in [0.15, 0.2) is 6.29 Å². The van der Waals surface area contributed by atoms with Crippen LogP contribution in [0.25, 0.3) is 0 Å². The van der Waals surface area contributed by atoms with Gasteiger partial charge in [-0.1, -0.05) is 121 Å². The van der Waals surface area contributed by atoms with E-state index in [4.69, 9.17) is 40.0 Å². The van der Waals surface area contributed by atoms with E-state index in [9.17, 15) is 0 Å². The molecule has 0 radical (unpaired) electrons. The molecular formula is C37H41ClO6. The molecule has 1 fully saturated rings. The van der Waals surface area contributed by atoms with Crippen LogP contribution in [-0.4, -0.2) is 49.8 Å². The van der Waals surface area contributed by atoms with E-state index in [1.165, 1.54) is 0 Å². The number of alkyl halides is 1. The van der Waals surface area contributed by atoms with Crippen molar-refractivity contribution >= 4 is 11.6 Å². The first-order chi connectivity index (χ1) is 21.8. The van der Waals surface area contributed by atoms with Crippen LogP contribution >= 0.6 is 11.6 Å². The Morgan fingerprint density at radius 2 is 0.932 bits per heavy atom. The van der Waals surface area contributed by atoms with Crippen LogP contribution in [0.3, 0.4) is 0 Å². The van der Waals surface area contributed by atoms with Gasteiger partial charge in [0.1, 0.15) is 24.4 Å². The highest BCUT2D eigenvalue weighted by molar-refractivity contribution is 6.17. The third-order valence-corrected chi connectivity index (χ3v) is 7.67. The lowest BCUT2D eigenvalue weighted by molar-refractivity contribution is -0.328. The van der Waals surface area contributed by atoms with Crippen molar-refractivity contribution in [3.8, 4) is 0 Å². The van der Waals surface area contributed by atoms with Crippen molar-refractivity contribution in [2.45, 2.75) is 63.6 Å². The number of benzene rings is 4. The molecule has 6 nitrogen and oxygen atoms in total. The highest BCUT2D eigenvalue weighted by Crippen LogP contribution is 2.31. The fraction of sp³-hybridized carbons (Fsp3) is 0.351. The van der Waals surface area contributed by atoms with Crippen molar-refractivity contribution in [3.63, 3.8) is 0 Å². The van der Waals surface area contributed by atoms with Crippen molar-refractivity contribution in [2.75, 3.05) is 19.1 Å². The van der Waals surface area contributed by atoms with Crippen LogP contribution in [0.4, 0.5) is 0 Å². The summed E-state index contributed by atoms with van der Waals surface area (Å²) in [5.74, 6) is 0.489. The average Bonchev–Trinajstić information content (AvgIpc) is 3.08. The van der Waals surface area contributed by atoms with Crippen LogP contribution < -0.4 is 0 Å². The van der Waals surface area contributed by atoms with E-state index < -0.39 is 30.7 Å². The largest absolute Gasteiger partial charge is 0.374 e. The van der Waals surface area contributed by atoms with Gasteiger partial charge in [-0.2, -0.15) is 0 Å². The monoisotopic (exact) mass is 616 g/mol. The maximum absolute atomic E-state index is 6.71. The number of halogens is 1. The quantitative estimate of drug-likeness (QED) is 0.0915. The van der Waals surface area contributed by atoms with Crippen molar-refractivity contribution in [1.29, 1.82) is 0 Å². The highest BCUT2D eigenvalue weighted by Gasteiger charge is 2.49. The lowest BCUT2D eigenvalue weighted by Crippen LogP contribution is -2.61. The number of rotatable bonds is 17. The van der Waals surface area contributed by atoms with Gasteiger partial charge >= 0.3 is 0 Å². The second kappa shape index (κ2) is 18.0. The molecule has 0 aliphatic carbocycles. The van der Waals surface area contributed by atoms with Gasteiger partial charge in [-0.3, -0.25) is 0 Å². The first-order valence-electron chi connectivity index (χ1n) is 15.2. The summed E-state index contributed by atoms with van der Waals surface area (Å²) in [7, 11) is 0. The molecule has 0 amide bonds. The molecule has 4 aromatic carbocycles. The van der Waals surface area contributed by atoms with Gasteiger partial charge in [0.2, 0.25) is 0 Å². The van der Waals surface area contributed by atoms with Crippen LogP contribution in [0.2, 0.25) is 0 Å². The van der Waals surface area contributed by atoms with Gasteiger partial charge < -0.3 is 28.4 Å². The molecule has 5 atom stereocenters. The van der Waals surface area contributed by atoms with E-state index in [1.54, 1.807) is 0 Å². The zero-order chi connectivity index (χ0) is 30.2. The van der Waals surface area contributed by atoms with E-state index in [1.807, 2.05) is 121 Å². The molecule has 1 aliphatic rings. The van der Waals surface area contributed by atoms with Crippen LogP contribution in [0.15, 0.2) is 121 Å². The summed E-state index contributed by atoms with van der Waals surface area (Å²) in [6.45, 7) is 2.31. The van der Waals surface area contributed by atoms with E-state index in [-0.39, 0.29) is 0 Å². The van der Waals surface area contributed by atoms with Crippen molar-refractivity contribution in [3.05, 3.63) is 144 Å². The van der Waals surface area contributed by atoms with Gasteiger partial charge in [0.05, 0.1) is 39.6 Å². The SMILES string of the molecule is ClCCCO[C@H]1O[C@H](COCc2ccccc2)[C@@H](OCc2ccccc2)[C@H](OCc2ccccc2)[C@H]1OCc1ccccc1. The second-order valence-corrected chi connectivity index (χ2v) is 11.1. The molecule has 1 saturated heterocycles. The molecular weight excluding hydrogens is 576 g/mol. The lowest BCUT2D eigenvalue weighted by Gasteiger charge is -2.46. The minimum atomic E-state index is -0.704. The normalized spacial score (nSPS) is 21.7. The topological polar surface area (TPSA) is 55.4 Å². The first kappa shape index (κ1) is 32.3. The Labute approximate surface area is 265 Å². The minimum absolute atomic E-state index is 0.292. The molecule has 1 heterocycles. The fourth-order valence-electron chi connectivity index (χ4n) is 5.14. The van der Waals surface area contributed by atoms with Gasteiger partial charge in [0.25, 0.3) is 0 Å². The standard InChI is InChI=1S/C37H41ClO6/c38-22-13-23-40-37-36(43-27-32-20-11-4-12-21-32)35(42-26-31-18-9-3-10-19-31)34(41-25-30-16-7-2-8-17-30)33(44-37)28-39-24-29-14-5-1-6-15-29/h1-12,14-21,33-37H,13,22-28H2/t33-,34-,35+,36-,37+/m1/s1. The Morgan fingerprint density at radius 1 is 0.500 bits per heavy atom. The first-order valence-corrected chi connectivity index (χ1v) is 15.7. The summed E-state index contributed by atoms with van der Waals surface area (Å²) in [5.41, 5.74) is 4.24. The van der Waals surface area contributed by atoms with Gasteiger partial charge in [0, 0.05) is 5.88 Å². The molecule has 1 aliphatic heterocycles. The molecule has 0 unspecified atom stereocenters. The Morgan fingerprint density at radius 3 is 1.41 bits per heavy atom. The van der Waals surface area contributed by atoms with Crippen LogP contribution in [0, 0.1) is 0 Å². The molecule has 7 heteroatoms. The maximum Gasteiger partial charge on any atom is 0.186 e. The van der Waals surface area contributed by atoms with Crippen LogP contribution in [-0.2, 0) is 54.8 Å². The molecule has 0 bridgehead atoms. The predicted octanol–water partition coefficient (Wildman–Crippen LogP) is 7.33. The van der Waals surface area contributed by atoms with E-state index >= 15 is 0 Å². The second-order valence-electron chi connectivity index (χ2n) is 10.7. The van der Waals surface area contributed by atoms with Crippen LogP contribution in [0.5, 0.6) is 0 Å². The molecule has 0 spiro atoms. The Balaban J connectivity index is 1.41. The lowest BCUT2D eigenvalue weighted by atomic mass is 9.97. The molecule has 0 saturated carbocycles. The van der Waals surface area contributed by atoms with Gasteiger partial charge in [-0.05, 0) is 28.7 Å². The zero-order valence-corrected chi connectivity index (χ0v) is 25.7. The molecule has 4 aromatic rings. The maximum atomic E-state index is 6.71. The van der Waals surface area contributed by atoms with E-state index in [2.05, 4.69) is 0 Å². The summed E-state index contributed by atoms with van der Waals surface area (Å²) in [5, 5.41) is 0. The van der Waals surface area contributed by atoms with Gasteiger partial charge in [-0.15, -0.1) is 11.6 Å². The Hall–Kier alpha value is -3.07. The number of hydrogen-bond acceptors (Lipinski definition) is 6. The summed E-state index contributed by atoms with van der Waals surface area (Å²) >= 11 is 6.00.